The number of aliphatic carboxylic acids is 1. The largest absolute Gasteiger partial charge is 0.493 e. The van der Waals surface area contributed by atoms with E-state index in [9.17, 15) is 9.90 Å². The van der Waals surface area contributed by atoms with Gasteiger partial charge in [-0.15, -0.1) is 0 Å². The highest BCUT2D eigenvalue weighted by Crippen LogP contribution is 2.42. The van der Waals surface area contributed by atoms with Crippen molar-refractivity contribution < 1.29 is 24.1 Å². The Labute approximate surface area is 197 Å². The molecule has 3 aromatic carbocycles. The van der Waals surface area contributed by atoms with Crippen molar-refractivity contribution in [1.29, 1.82) is 0 Å². The van der Waals surface area contributed by atoms with E-state index >= 15 is 4.39 Å². The molecule has 0 bridgehead atoms. The predicted molar refractivity (Wildman–Crippen MR) is 132 cm³/mol. The van der Waals surface area contributed by atoms with Crippen LogP contribution in [0, 0.1) is 12.7 Å². The third-order valence-corrected chi connectivity index (χ3v) is 5.61. The van der Waals surface area contributed by atoms with Crippen LogP contribution in [0.25, 0.3) is 32.8 Å². The van der Waals surface area contributed by atoms with Crippen molar-refractivity contribution in [3.05, 3.63) is 71.2 Å². The summed E-state index contributed by atoms with van der Waals surface area (Å²) in [6, 6.07) is 12.5. The van der Waals surface area contributed by atoms with Gasteiger partial charge in [0.2, 0.25) is 0 Å². The average Bonchev–Trinajstić information content (AvgIpc) is 2.74. The summed E-state index contributed by atoms with van der Waals surface area (Å²) in [5, 5.41) is 20.1. The first-order valence-corrected chi connectivity index (χ1v) is 11.2. The monoisotopic (exact) mass is 461 g/mol. The van der Waals surface area contributed by atoms with Crippen LogP contribution in [0.5, 0.6) is 5.75 Å². The van der Waals surface area contributed by atoms with Crippen LogP contribution in [0.2, 0.25) is 0 Å². The topological polar surface area (TPSA) is 79.7 Å². The van der Waals surface area contributed by atoms with Crippen molar-refractivity contribution in [3.8, 4) is 16.9 Å². The van der Waals surface area contributed by atoms with Crippen LogP contribution in [-0.2, 0) is 17.6 Å². The smallest absolute Gasteiger partial charge is 0.307 e. The molecular weight excluding hydrogens is 433 g/mol. The number of halogens is 1. The zero-order valence-electron chi connectivity index (χ0n) is 19.8. The first kappa shape index (κ1) is 23.6. The minimum absolute atomic E-state index is 0.190. The SMILES string of the molecule is CC(C)(C)O.Cc1cc2cccc(F)c2c(-c2ccc3c4c(ccnc24)CCO3)c1CC(=O)O. The molecule has 0 amide bonds. The summed E-state index contributed by atoms with van der Waals surface area (Å²) >= 11 is 0. The number of aromatic nitrogens is 1. The van der Waals surface area contributed by atoms with Gasteiger partial charge >= 0.3 is 5.97 Å². The zero-order chi connectivity index (χ0) is 24.6. The van der Waals surface area contributed by atoms with Crippen molar-refractivity contribution in [2.45, 2.75) is 46.1 Å². The molecule has 1 aromatic heterocycles. The maximum Gasteiger partial charge on any atom is 0.307 e. The van der Waals surface area contributed by atoms with E-state index in [4.69, 9.17) is 9.84 Å². The number of nitrogens with zero attached hydrogens (tertiary/aromatic N) is 1. The number of fused-ring (bicyclic) bond motifs is 1. The second-order valence-electron chi connectivity index (χ2n) is 9.53. The predicted octanol–water partition coefficient (Wildman–Crippen LogP) is 5.84. The van der Waals surface area contributed by atoms with Crippen molar-refractivity contribution in [3.63, 3.8) is 0 Å². The Balaban J connectivity index is 0.000000499. The highest BCUT2D eigenvalue weighted by atomic mass is 19.1. The third kappa shape index (κ3) is 4.73. The number of carbonyl (C=O) groups is 1. The fourth-order valence-corrected chi connectivity index (χ4v) is 4.37. The van der Waals surface area contributed by atoms with Gasteiger partial charge in [-0.2, -0.15) is 0 Å². The molecule has 0 spiro atoms. The van der Waals surface area contributed by atoms with Gasteiger partial charge in [-0.1, -0.05) is 18.2 Å². The summed E-state index contributed by atoms with van der Waals surface area (Å²) in [4.78, 5) is 16.2. The molecule has 0 saturated carbocycles. The molecule has 5 rings (SSSR count). The Morgan fingerprint density at radius 2 is 1.88 bits per heavy atom. The number of benzene rings is 3. The Kier molecular flexibility index (Phi) is 6.28. The zero-order valence-corrected chi connectivity index (χ0v) is 19.8. The van der Waals surface area contributed by atoms with E-state index in [0.717, 1.165) is 39.6 Å². The number of hydrogen-bond donors (Lipinski definition) is 2. The van der Waals surface area contributed by atoms with Crippen LogP contribution in [0.4, 0.5) is 4.39 Å². The molecule has 34 heavy (non-hydrogen) atoms. The molecule has 2 N–H and O–H groups in total. The Morgan fingerprint density at radius 1 is 1.15 bits per heavy atom. The molecule has 0 aliphatic carbocycles. The molecule has 0 radical (unpaired) electrons. The van der Waals surface area contributed by atoms with Gasteiger partial charge < -0.3 is 14.9 Å². The highest BCUT2D eigenvalue weighted by molar-refractivity contribution is 6.08. The van der Waals surface area contributed by atoms with Crippen molar-refractivity contribution >= 4 is 27.6 Å². The van der Waals surface area contributed by atoms with Gasteiger partial charge in [0.1, 0.15) is 11.6 Å². The van der Waals surface area contributed by atoms with Gasteiger partial charge in [-0.25, -0.2) is 4.39 Å². The second kappa shape index (κ2) is 9.03. The lowest BCUT2D eigenvalue weighted by Gasteiger charge is -2.21. The minimum atomic E-state index is -0.955. The highest BCUT2D eigenvalue weighted by Gasteiger charge is 2.23. The lowest BCUT2D eigenvalue weighted by molar-refractivity contribution is -0.136. The summed E-state index contributed by atoms with van der Waals surface area (Å²) < 4.78 is 20.8. The third-order valence-electron chi connectivity index (χ3n) is 5.61. The molecular formula is C28H28FNO4. The second-order valence-corrected chi connectivity index (χ2v) is 9.53. The molecule has 1 aliphatic heterocycles. The lowest BCUT2D eigenvalue weighted by atomic mass is 9.86. The standard InChI is InChI=1S/C24H18FNO3.C4H10O/c1-13-11-15-3-2-4-18(25)21(15)23(17(13)12-20(27)28)16-5-6-19-22-14(8-10-29-19)7-9-26-24(16)22;1-4(2,3)5/h2-7,9,11H,8,10,12H2,1H3,(H,27,28);5H,1-3H3. The first-order valence-electron chi connectivity index (χ1n) is 11.2. The lowest BCUT2D eigenvalue weighted by Crippen LogP contribution is -2.10. The minimum Gasteiger partial charge on any atom is -0.493 e. The van der Waals surface area contributed by atoms with E-state index in [1.54, 1.807) is 33.0 Å². The summed E-state index contributed by atoms with van der Waals surface area (Å²) in [6.07, 6.45) is 2.34. The molecule has 4 aromatic rings. The first-order chi connectivity index (χ1) is 16.0. The van der Waals surface area contributed by atoms with Crippen LogP contribution in [0.1, 0.15) is 37.5 Å². The van der Waals surface area contributed by atoms with Gasteiger partial charge in [0.25, 0.3) is 0 Å². The van der Waals surface area contributed by atoms with Crippen molar-refractivity contribution in [2.75, 3.05) is 6.61 Å². The Hall–Kier alpha value is -3.51. The number of pyridine rings is 1. The quantitative estimate of drug-likeness (QED) is 0.401. The summed E-state index contributed by atoms with van der Waals surface area (Å²) in [7, 11) is 0. The summed E-state index contributed by atoms with van der Waals surface area (Å²) in [5.74, 6) is -0.569. The van der Waals surface area contributed by atoms with Crippen molar-refractivity contribution in [1.82, 2.24) is 4.98 Å². The fourth-order valence-electron chi connectivity index (χ4n) is 4.37. The van der Waals surface area contributed by atoms with Gasteiger partial charge in [-0.3, -0.25) is 9.78 Å². The van der Waals surface area contributed by atoms with Crippen LogP contribution in [0.3, 0.4) is 0 Å². The van der Waals surface area contributed by atoms with E-state index in [2.05, 4.69) is 4.98 Å². The number of hydrogen-bond acceptors (Lipinski definition) is 4. The van der Waals surface area contributed by atoms with E-state index in [1.165, 1.54) is 6.07 Å². The van der Waals surface area contributed by atoms with E-state index in [-0.39, 0.29) is 12.2 Å². The van der Waals surface area contributed by atoms with E-state index < -0.39 is 11.6 Å². The van der Waals surface area contributed by atoms with Crippen LogP contribution in [-0.4, -0.2) is 33.4 Å². The van der Waals surface area contributed by atoms with Crippen LogP contribution in [0.15, 0.2) is 48.7 Å². The van der Waals surface area contributed by atoms with Crippen LogP contribution < -0.4 is 4.74 Å². The Bertz CT molecular complexity index is 1390. The molecule has 1 aliphatic rings. The van der Waals surface area contributed by atoms with Gasteiger partial charge in [0.05, 0.1) is 24.1 Å². The fraction of sp³-hybridized carbons (Fsp3) is 0.286. The molecule has 2 heterocycles. The number of rotatable bonds is 3. The van der Waals surface area contributed by atoms with Crippen molar-refractivity contribution in [2.24, 2.45) is 0 Å². The normalized spacial score (nSPS) is 12.8. The molecule has 0 atom stereocenters. The maximum atomic E-state index is 15.0. The number of carboxylic acid groups (broad SMARTS) is 1. The molecule has 0 saturated heterocycles. The number of aliphatic hydroxyl groups is 1. The number of ether oxygens (including phenoxy) is 1. The van der Waals surface area contributed by atoms with E-state index in [0.29, 0.717) is 28.6 Å². The number of aryl methyl sites for hydroxylation is 1. The molecule has 6 heteroatoms. The van der Waals surface area contributed by atoms with Gasteiger partial charge in [-0.05, 0) is 79.6 Å². The average molecular weight is 462 g/mol. The van der Waals surface area contributed by atoms with E-state index in [1.807, 2.05) is 37.3 Å². The molecule has 0 fully saturated rings. The maximum absolute atomic E-state index is 15.0. The molecule has 176 valence electrons. The van der Waals surface area contributed by atoms with Gasteiger partial charge in [0.15, 0.2) is 0 Å². The summed E-state index contributed by atoms with van der Waals surface area (Å²) in [6.45, 7) is 7.71. The molecule has 0 unspecified atom stereocenters. The molecule has 5 nitrogen and oxygen atoms in total. The van der Waals surface area contributed by atoms with Gasteiger partial charge in [0, 0.05) is 29.0 Å². The Morgan fingerprint density at radius 3 is 2.59 bits per heavy atom. The van der Waals surface area contributed by atoms with Crippen LogP contribution >= 0.6 is 0 Å². The summed E-state index contributed by atoms with van der Waals surface area (Å²) in [5.41, 5.74) is 4.09. The number of carboxylic acids is 1.